The van der Waals surface area contributed by atoms with E-state index in [1.165, 1.54) is 23.5 Å². The molecule has 180 valence electrons. The van der Waals surface area contributed by atoms with Crippen LogP contribution in [0.3, 0.4) is 0 Å². The predicted octanol–water partition coefficient (Wildman–Crippen LogP) is 3.07. The van der Waals surface area contributed by atoms with Gasteiger partial charge in [0.2, 0.25) is 15.9 Å². The summed E-state index contributed by atoms with van der Waals surface area (Å²) in [4.78, 5) is 25.0. The highest BCUT2D eigenvalue weighted by Gasteiger charge is 2.26. The quantitative estimate of drug-likeness (QED) is 0.555. The molecule has 9 nitrogen and oxygen atoms in total. The van der Waals surface area contributed by atoms with Crippen LogP contribution in [0, 0.1) is 0 Å². The zero-order valence-electron chi connectivity index (χ0n) is 19.0. The van der Waals surface area contributed by atoms with Crippen LogP contribution in [-0.4, -0.2) is 49.0 Å². The number of rotatable bonds is 6. The van der Waals surface area contributed by atoms with Gasteiger partial charge in [0.1, 0.15) is 5.75 Å². The van der Waals surface area contributed by atoms with Gasteiger partial charge in [-0.2, -0.15) is 9.40 Å². The van der Waals surface area contributed by atoms with Gasteiger partial charge in [-0.3, -0.25) is 9.59 Å². The number of methoxy groups -OCH3 is 1. The van der Waals surface area contributed by atoms with Gasteiger partial charge in [0.25, 0.3) is 5.56 Å². The lowest BCUT2D eigenvalue weighted by molar-refractivity contribution is -0.115. The second-order valence-electron chi connectivity index (χ2n) is 8.30. The Morgan fingerprint density at radius 3 is 2.44 bits per heavy atom. The average molecular weight is 485 g/mol. The molecule has 2 aromatic carbocycles. The van der Waals surface area contributed by atoms with Crippen molar-refractivity contribution in [2.75, 3.05) is 25.5 Å². The van der Waals surface area contributed by atoms with Crippen LogP contribution in [0.1, 0.15) is 37.8 Å². The van der Waals surface area contributed by atoms with E-state index in [2.05, 4.69) is 15.5 Å². The molecule has 0 spiro atoms. The van der Waals surface area contributed by atoms with Crippen LogP contribution >= 0.6 is 0 Å². The first-order valence-electron chi connectivity index (χ1n) is 11.3. The highest BCUT2D eigenvalue weighted by Crippen LogP contribution is 2.30. The Hall–Kier alpha value is -3.24. The number of H-pyrrole nitrogens is 1. The third-order valence-electron chi connectivity index (χ3n) is 6.00. The zero-order valence-corrected chi connectivity index (χ0v) is 19.9. The molecule has 0 bridgehead atoms. The van der Waals surface area contributed by atoms with Crippen molar-refractivity contribution in [1.82, 2.24) is 14.5 Å². The maximum absolute atomic E-state index is 13.3. The number of hydrogen-bond donors (Lipinski definition) is 2. The Morgan fingerprint density at radius 1 is 1.06 bits per heavy atom. The van der Waals surface area contributed by atoms with Gasteiger partial charge in [0, 0.05) is 18.5 Å². The molecule has 0 atom stereocenters. The first-order valence-corrected chi connectivity index (χ1v) is 12.8. The van der Waals surface area contributed by atoms with Crippen molar-refractivity contribution in [2.24, 2.45) is 0 Å². The molecule has 1 saturated heterocycles. The van der Waals surface area contributed by atoms with E-state index in [-0.39, 0.29) is 22.6 Å². The van der Waals surface area contributed by atoms with Crippen LogP contribution in [-0.2, 0) is 21.2 Å². The zero-order chi connectivity index (χ0) is 24.1. The number of nitrogens with one attached hydrogen (secondary N) is 2. The molecule has 0 unspecified atom stereocenters. The van der Waals surface area contributed by atoms with Crippen molar-refractivity contribution in [1.29, 1.82) is 0 Å². The van der Waals surface area contributed by atoms with Crippen LogP contribution in [0.4, 0.5) is 5.69 Å². The van der Waals surface area contributed by atoms with E-state index >= 15 is 0 Å². The standard InChI is InChI=1S/C24H28N4O5S/c1-33-22-12-11-17(34(31,32)28-13-7-3-2-4-8-14-28)15-21(22)25-23(29)16-20-18-9-5-6-10-19(18)24(30)27-26-20/h5-6,9-12,15H,2-4,7-8,13-14,16H2,1H3,(H,25,29)(H,27,30). The van der Waals surface area contributed by atoms with E-state index in [4.69, 9.17) is 4.74 Å². The molecule has 3 aromatic rings. The van der Waals surface area contributed by atoms with Gasteiger partial charge in [-0.1, -0.05) is 37.5 Å². The topological polar surface area (TPSA) is 121 Å². The van der Waals surface area contributed by atoms with E-state index in [0.29, 0.717) is 35.3 Å². The number of carbonyl (C=O) groups excluding carboxylic acids is 1. The first kappa shape index (κ1) is 23.9. The molecule has 0 aliphatic carbocycles. The predicted molar refractivity (Wildman–Crippen MR) is 130 cm³/mol. The van der Waals surface area contributed by atoms with Crippen molar-refractivity contribution in [2.45, 2.75) is 43.4 Å². The number of anilines is 1. The second kappa shape index (κ2) is 10.4. The summed E-state index contributed by atoms with van der Waals surface area (Å²) in [5.74, 6) is -0.0666. The van der Waals surface area contributed by atoms with Gasteiger partial charge in [-0.15, -0.1) is 0 Å². The number of hydrogen-bond acceptors (Lipinski definition) is 6. The van der Waals surface area contributed by atoms with Crippen molar-refractivity contribution >= 4 is 32.4 Å². The number of amides is 1. The fourth-order valence-corrected chi connectivity index (χ4v) is 5.75. The van der Waals surface area contributed by atoms with Gasteiger partial charge in [0.15, 0.2) is 0 Å². The molecule has 2 N–H and O–H groups in total. The lowest BCUT2D eigenvalue weighted by Crippen LogP contribution is -2.33. The Kier molecular flexibility index (Phi) is 7.28. The fourth-order valence-electron chi connectivity index (χ4n) is 4.21. The van der Waals surface area contributed by atoms with E-state index in [1.807, 2.05) is 0 Å². The third kappa shape index (κ3) is 5.13. The van der Waals surface area contributed by atoms with E-state index in [1.54, 1.807) is 30.3 Å². The number of sulfonamides is 1. The lowest BCUT2D eigenvalue weighted by atomic mass is 10.1. The largest absolute Gasteiger partial charge is 0.495 e. The molecule has 0 radical (unpaired) electrons. The summed E-state index contributed by atoms with van der Waals surface area (Å²) in [5.41, 5.74) is 0.342. The lowest BCUT2D eigenvalue weighted by Gasteiger charge is -2.24. The second-order valence-corrected chi connectivity index (χ2v) is 10.2. The summed E-state index contributed by atoms with van der Waals surface area (Å²) in [5, 5.41) is 10.2. The average Bonchev–Trinajstić information content (AvgIpc) is 2.80. The molecular weight excluding hydrogens is 456 g/mol. The Bertz CT molecular complexity index is 1340. The Morgan fingerprint density at radius 2 is 1.74 bits per heavy atom. The Balaban J connectivity index is 1.58. The molecule has 0 saturated carbocycles. The van der Waals surface area contributed by atoms with E-state index in [0.717, 1.165) is 32.1 Å². The molecule has 1 aliphatic heterocycles. The smallest absolute Gasteiger partial charge is 0.272 e. The van der Waals surface area contributed by atoms with Crippen LogP contribution < -0.4 is 15.6 Å². The summed E-state index contributed by atoms with van der Waals surface area (Å²) >= 11 is 0. The van der Waals surface area contributed by atoms with E-state index < -0.39 is 15.9 Å². The normalized spacial score (nSPS) is 15.4. The van der Waals surface area contributed by atoms with Crippen LogP contribution in [0.15, 0.2) is 52.2 Å². The number of benzene rings is 2. The molecular formula is C24H28N4O5S. The number of aromatic nitrogens is 2. The molecule has 2 heterocycles. The molecule has 34 heavy (non-hydrogen) atoms. The Labute approximate surface area is 198 Å². The van der Waals surface area contributed by atoms with Crippen molar-refractivity contribution < 1.29 is 17.9 Å². The van der Waals surface area contributed by atoms with Crippen LogP contribution in [0.25, 0.3) is 10.8 Å². The minimum absolute atomic E-state index is 0.108. The summed E-state index contributed by atoms with van der Waals surface area (Å²) in [7, 11) is -2.25. The first-order chi connectivity index (χ1) is 16.4. The number of fused-ring (bicyclic) bond motifs is 1. The van der Waals surface area contributed by atoms with Crippen molar-refractivity contribution in [3.05, 3.63) is 58.5 Å². The van der Waals surface area contributed by atoms with Gasteiger partial charge < -0.3 is 10.1 Å². The number of aromatic amines is 1. The fraction of sp³-hybridized carbons (Fsp3) is 0.375. The highest BCUT2D eigenvalue weighted by atomic mass is 32.2. The van der Waals surface area contributed by atoms with E-state index in [9.17, 15) is 18.0 Å². The number of carbonyl (C=O) groups is 1. The summed E-state index contributed by atoms with van der Waals surface area (Å²) in [6.07, 6.45) is 4.72. The molecule has 1 aromatic heterocycles. The van der Waals surface area contributed by atoms with Crippen LogP contribution in [0.2, 0.25) is 0 Å². The highest BCUT2D eigenvalue weighted by molar-refractivity contribution is 7.89. The maximum atomic E-state index is 13.3. The molecule has 1 fully saturated rings. The van der Waals surface area contributed by atoms with Gasteiger partial charge in [0.05, 0.1) is 35.2 Å². The summed E-state index contributed by atoms with van der Waals surface area (Å²) in [6, 6.07) is 11.4. The van der Waals surface area contributed by atoms with Gasteiger partial charge in [-0.05, 0) is 37.1 Å². The molecule has 1 amide bonds. The van der Waals surface area contributed by atoms with Crippen molar-refractivity contribution in [3.63, 3.8) is 0 Å². The maximum Gasteiger partial charge on any atom is 0.272 e. The summed E-state index contributed by atoms with van der Waals surface area (Å²) < 4.78 is 33.4. The minimum atomic E-state index is -3.70. The number of nitrogens with zero attached hydrogens (tertiary/aromatic N) is 2. The SMILES string of the molecule is COc1ccc(S(=O)(=O)N2CCCCCCC2)cc1NC(=O)Cc1n[nH]c(=O)c2ccccc12. The van der Waals surface area contributed by atoms with Crippen molar-refractivity contribution in [3.8, 4) is 5.75 Å². The minimum Gasteiger partial charge on any atom is -0.495 e. The molecule has 1 aliphatic rings. The number of ether oxygens (including phenoxy) is 1. The van der Waals surface area contributed by atoms with Gasteiger partial charge in [-0.25, -0.2) is 13.5 Å². The molecule has 4 rings (SSSR count). The molecule has 10 heteroatoms. The monoisotopic (exact) mass is 484 g/mol. The third-order valence-corrected chi connectivity index (χ3v) is 7.90. The van der Waals surface area contributed by atoms with Gasteiger partial charge >= 0.3 is 0 Å². The van der Waals surface area contributed by atoms with Crippen LogP contribution in [0.5, 0.6) is 5.75 Å². The summed E-state index contributed by atoms with van der Waals surface area (Å²) in [6.45, 7) is 0.974.